The predicted molar refractivity (Wildman–Crippen MR) is 62.6 cm³/mol. The summed E-state index contributed by atoms with van der Waals surface area (Å²) in [5, 5.41) is 0. The normalized spacial score (nSPS) is 12.8. The van der Waals surface area contributed by atoms with Crippen molar-refractivity contribution in [3.8, 4) is 5.75 Å². The first kappa shape index (κ1) is 15.9. The van der Waals surface area contributed by atoms with Crippen molar-refractivity contribution in [2.75, 3.05) is 7.11 Å². The first-order valence-corrected chi connectivity index (χ1v) is 5.72. The number of hydrogen-bond donors (Lipinski definition) is 2. The van der Waals surface area contributed by atoms with Crippen molar-refractivity contribution < 1.29 is 17.7 Å². The fourth-order valence-electron chi connectivity index (χ4n) is 1.31. The molecule has 1 rings (SSSR count). The number of para-hydroxylation sites is 1. The summed E-state index contributed by atoms with van der Waals surface area (Å²) in [5.41, 5.74) is 6.18. The van der Waals surface area contributed by atoms with Crippen molar-refractivity contribution in [1.29, 1.82) is 0 Å². The number of methoxy groups -OCH3 is 1. The Labute approximate surface area is 117 Å². The molecule has 86 valence electrons. The van der Waals surface area contributed by atoms with Crippen molar-refractivity contribution in [2.45, 2.75) is 17.9 Å². The minimum atomic E-state index is -4.28. The van der Waals surface area contributed by atoms with E-state index >= 15 is 0 Å². The molecule has 0 saturated heterocycles. The van der Waals surface area contributed by atoms with E-state index in [2.05, 4.69) is 0 Å². The zero-order valence-corrected chi connectivity index (χ0v) is 9.28. The molecule has 7 heteroatoms. The van der Waals surface area contributed by atoms with Crippen LogP contribution in [0.2, 0.25) is 0 Å². The SMILES string of the molecule is COc1c(C(C)N)cccc1S(=O)(=O)O.[NaH]. The Kier molecular flexibility index (Phi) is 5.95. The molecule has 0 saturated carbocycles. The summed E-state index contributed by atoms with van der Waals surface area (Å²) in [6, 6.07) is 4.05. The van der Waals surface area contributed by atoms with Gasteiger partial charge in [-0.3, -0.25) is 4.55 Å². The van der Waals surface area contributed by atoms with Crippen LogP contribution < -0.4 is 10.5 Å². The Morgan fingerprint density at radius 1 is 1.44 bits per heavy atom. The van der Waals surface area contributed by atoms with Crippen LogP contribution in [0.5, 0.6) is 5.75 Å². The third-order valence-corrected chi connectivity index (χ3v) is 2.86. The number of hydrogen-bond acceptors (Lipinski definition) is 4. The van der Waals surface area contributed by atoms with Crippen LogP contribution in [0.15, 0.2) is 23.1 Å². The van der Waals surface area contributed by atoms with E-state index < -0.39 is 10.1 Å². The number of rotatable bonds is 3. The van der Waals surface area contributed by atoms with Gasteiger partial charge >= 0.3 is 29.6 Å². The molecule has 1 atom stereocenters. The molecule has 1 aromatic carbocycles. The van der Waals surface area contributed by atoms with Gasteiger partial charge in [0.05, 0.1) is 7.11 Å². The second-order valence-electron chi connectivity index (χ2n) is 3.14. The van der Waals surface area contributed by atoms with Gasteiger partial charge in [0.1, 0.15) is 10.6 Å². The van der Waals surface area contributed by atoms with Crippen molar-refractivity contribution in [3.63, 3.8) is 0 Å². The van der Waals surface area contributed by atoms with Gasteiger partial charge in [0.2, 0.25) is 0 Å². The maximum atomic E-state index is 11.0. The van der Waals surface area contributed by atoms with Crippen LogP contribution in [0.4, 0.5) is 0 Å². The predicted octanol–water partition coefficient (Wildman–Crippen LogP) is 0.313. The number of nitrogens with two attached hydrogens (primary N) is 1. The number of benzene rings is 1. The van der Waals surface area contributed by atoms with Crippen LogP contribution >= 0.6 is 0 Å². The fraction of sp³-hybridized carbons (Fsp3) is 0.333. The van der Waals surface area contributed by atoms with Gasteiger partial charge in [-0.2, -0.15) is 8.42 Å². The molecule has 0 amide bonds. The van der Waals surface area contributed by atoms with Crippen molar-refractivity contribution >= 4 is 39.7 Å². The zero-order chi connectivity index (χ0) is 11.6. The Morgan fingerprint density at radius 2 is 2.00 bits per heavy atom. The van der Waals surface area contributed by atoms with E-state index in [4.69, 9.17) is 15.0 Å². The molecule has 0 spiro atoms. The Hall–Kier alpha value is -0.110. The average molecular weight is 255 g/mol. The van der Waals surface area contributed by atoms with Crippen LogP contribution in [0.3, 0.4) is 0 Å². The second-order valence-corrected chi connectivity index (χ2v) is 4.53. The molecule has 0 heterocycles. The van der Waals surface area contributed by atoms with Gasteiger partial charge in [-0.25, -0.2) is 0 Å². The van der Waals surface area contributed by atoms with Gasteiger partial charge in [0, 0.05) is 11.6 Å². The topological polar surface area (TPSA) is 89.6 Å². The standard InChI is InChI=1S/C9H13NO4S.Na.H/c1-6(10)7-4-3-5-8(9(7)14-2)15(11,12)13;;/h3-6H,10H2,1-2H3,(H,11,12,13);;. The first-order chi connectivity index (χ1) is 6.88. The summed E-state index contributed by atoms with van der Waals surface area (Å²) in [5.74, 6) is 0.0926. The molecule has 16 heavy (non-hydrogen) atoms. The molecular weight excluding hydrogens is 241 g/mol. The van der Waals surface area contributed by atoms with Gasteiger partial charge < -0.3 is 10.5 Å². The van der Waals surface area contributed by atoms with E-state index in [1.165, 1.54) is 19.2 Å². The molecule has 0 fully saturated rings. The first-order valence-electron chi connectivity index (χ1n) is 4.28. The van der Waals surface area contributed by atoms with E-state index in [-0.39, 0.29) is 46.2 Å². The van der Waals surface area contributed by atoms with E-state index in [1.54, 1.807) is 13.0 Å². The van der Waals surface area contributed by atoms with Crippen LogP contribution in [0.1, 0.15) is 18.5 Å². The fourth-order valence-corrected chi connectivity index (χ4v) is 2.00. The number of ether oxygens (including phenoxy) is 1. The Balaban J connectivity index is 0.00000225. The molecule has 5 nitrogen and oxygen atoms in total. The average Bonchev–Trinajstić information content (AvgIpc) is 2.15. The molecule has 0 aliphatic heterocycles. The zero-order valence-electron chi connectivity index (χ0n) is 8.47. The van der Waals surface area contributed by atoms with E-state index in [9.17, 15) is 8.42 Å². The summed E-state index contributed by atoms with van der Waals surface area (Å²) in [4.78, 5) is -0.264. The molecule has 0 aromatic heterocycles. The van der Waals surface area contributed by atoms with Gasteiger partial charge in [0.25, 0.3) is 10.1 Å². The van der Waals surface area contributed by atoms with Gasteiger partial charge in [-0.05, 0) is 13.0 Å². The monoisotopic (exact) mass is 255 g/mol. The van der Waals surface area contributed by atoms with Crippen LogP contribution in [0.25, 0.3) is 0 Å². The molecule has 0 aliphatic carbocycles. The maximum absolute atomic E-state index is 11.0. The van der Waals surface area contributed by atoms with Crippen molar-refractivity contribution in [1.82, 2.24) is 0 Å². The van der Waals surface area contributed by atoms with Gasteiger partial charge in [-0.15, -0.1) is 0 Å². The molecule has 1 aromatic rings. The second kappa shape index (κ2) is 6.00. The molecule has 1 unspecified atom stereocenters. The van der Waals surface area contributed by atoms with Crippen molar-refractivity contribution in [3.05, 3.63) is 23.8 Å². The minimum absolute atomic E-state index is 0. The summed E-state index contributed by atoms with van der Waals surface area (Å²) >= 11 is 0. The third-order valence-electron chi connectivity index (χ3n) is 1.98. The molecule has 0 aliphatic rings. The molecule has 0 radical (unpaired) electrons. The quantitative estimate of drug-likeness (QED) is 0.599. The Bertz CT molecular complexity index is 459. The van der Waals surface area contributed by atoms with Crippen LogP contribution in [-0.4, -0.2) is 49.6 Å². The summed E-state index contributed by atoms with van der Waals surface area (Å²) in [6.07, 6.45) is 0. The van der Waals surface area contributed by atoms with E-state index in [1.807, 2.05) is 0 Å². The van der Waals surface area contributed by atoms with Crippen LogP contribution in [-0.2, 0) is 10.1 Å². The summed E-state index contributed by atoms with van der Waals surface area (Å²) < 4.78 is 35.9. The molecular formula is C9H14NNaO4S. The molecule has 3 N–H and O–H groups in total. The third kappa shape index (κ3) is 3.44. The van der Waals surface area contributed by atoms with E-state index in [0.717, 1.165) is 0 Å². The van der Waals surface area contributed by atoms with E-state index in [0.29, 0.717) is 5.56 Å². The van der Waals surface area contributed by atoms with Crippen molar-refractivity contribution in [2.24, 2.45) is 5.73 Å². The molecule has 0 bridgehead atoms. The van der Waals surface area contributed by atoms with Gasteiger partial charge in [-0.1, -0.05) is 12.1 Å². The summed E-state index contributed by atoms with van der Waals surface area (Å²) in [7, 11) is -2.95. The van der Waals surface area contributed by atoms with Crippen LogP contribution in [0, 0.1) is 0 Å². The Morgan fingerprint density at radius 3 is 2.38 bits per heavy atom. The summed E-state index contributed by atoms with van der Waals surface area (Å²) in [6.45, 7) is 1.70. The van der Waals surface area contributed by atoms with Gasteiger partial charge in [0.15, 0.2) is 0 Å².